The van der Waals surface area contributed by atoms with Crippen molar-refractivity contribution >= 4 is 0 Å². The molecule has 0 saturated heterocycles. The van der Waals surface area contributed by atoms with Crippen LogP contribution in [0, 0.1) is 22.7 Å². The first-order valence-corrected chi connectivity index (χ1v) is 14.6. The van der Waals surface area contributed by atoms with Crippen LogP contribution in [0.15, 0.2) is 35.5 Å². The van der Waals surface area contributed by atoms with Gasteiger partial charge in [0.2, 0.25) is 0 Å². The Kier molecular flexibility index (Phi) is 9.92. The van der Waals surface area contributed by atoms with Crippen LogP contribution in [0.25, 0.3) is 0 Å². The van der Waals surface area contributed by atoms with Crippen LogP contribution in [0.2, 0.25) is 0 Å². The average Bonchev–Trinajstić information content (AvgIpc) is 3.14. The molecule has 4 N–H and O–H groups in total. The zero-order valence-electron chi connectivity index (χ0n) is 24.0. The van der Waals surface area contributed by atoms with E-state index in [0.717, 1.165) is 56.9 Å². The molecule has 3 aliphatic carbocycles. The van der Waals surface area contributed by atoms with Crippen LogP contribution < -0.4 is 0 Å². The second-order valence-corrected chi connectivity index (χ2v) is 14.0. The third kappa shape index (κ3) is 8.00. The molecule has 212 valence electrons. The number of halogens is 1. The van der Waals surface area contributed by atoms with Gasteiger partial charge >= 0.3 is 0 Å². The van der Waals surface area contributed by atoms with Crippen LogP contribution in [0.4, 0.5) is 4.39 Å². The molecule has 0 radical (unpaired) electrons. The first-order valence-electron chi connectivity index (χ1n) is 14.6. The Hall–Kier alpha value is -1.01. The smallest absolute Gasteiger partial charge is 0.121 e. The first kappa shape index (κ1) is 30.5. The van der Waals surface area contributed by atoms with Crippen molar-refractivity contribution in [3.05, 3.63) is 35.5 Å². The second-order valence-electron chi connectivity index (χ2n) is 14.0. The Morgan fingerprint density at radius 1 is 1.00 bits per heavy atom. The van der Waals surface area contributed by atoms with Crippen molar-refractivity contribution in [1.82, 2.24) is 0 Å². The summed E-state index contributed by atoms with van der Waals surface area (Å²) in [4.78, 5) is 0. The Bertz CT molecular complexity index is 841. The maximum Gasteiger partial charge on any atom is 0.121 e. The van der Waals surface area contributed by atoms with Gasteiger partial charge in [0, 0.05) is 0 Å². The molecule has 0 aromatic heterocycles. The van der Waals surface area contributed by atoms with Crippen LogP contribution in [0.5, 0.6) is 0 Å². The van der Waals surface area contributed by atoms with Gasteiger partial charge in [0.15, 0.2) is 0 Å². The topological polar surface area (TPSA) is 80.9 Å². The van der Waals surface area contributed by atoms with E-state index in [1.54, 1.807) is 6.08 Å². The van der Waals surface area contributed by atoms with Gasteiger partial charge < -0.3 is 20.4 Å². The molecule has 3 fully saturated rings. The standard InChI is InChI=1S/C32H53FO4/c1-29(2,36)14-7-15-30(3,16-8-17-31(4,37)22-33)28-13-12-27-24(9-6-18-32(27,28)5)11-10-23-19-25(34)21-26(35)20-23/h8,10-11,17,25-28,34-37H,6-7,9,12-16,18-22H2,1-5H3/b17-8+,24-11+/t25-,26-,27?,28?,30-,31?,32+/m1/s1. The monoisotopic (exact) mass is 520 g/mol. The normalized spacial score (nSPS) is 35.4. The lowest BCUT2D eigenvalue weighted by atomic mass is 9.55. The van der Waals surface area contributed by atoms with Gasteiger partial charge in [-0.1, -0.05) is 55.7 Å². The van der Waals surface area contributed by atoms with E-state index in [4.69, 9.17) is 0 Å². The summed E-state index contributed by atoms with van der Waals surface area (Å²) >= 11 is 0. The quantitative estimate of drug-likeness (QED) is 0.245. The molecule has 4 nitrogen and oxygen atoms in total. The maximum atomic E-state index is 13.2. The fraction of sp³-hybridized carbons (Fsp3) is 0.812. The van der Waals surface area contributed by atoms with E-state index in [9.17, 15) is 24.8 Å². The lowest BCUT2D eigenvalue weighted by molar-refractivity contribution is 0.0190. The van der Waals surface area contributed by atoms with Crippen molar-refractivity contribution in [2.75, 3.05) is 6.67 Å². The summed E-state index contributed by atoms with van der Waals surface area (Å²) < 4.78 is 13.2. The second kappa shape index (κ2) is 12.0. The van der Waals surface area contributed by atoms with E-state index in [0.29, 0.717) is 31.1 Å². The van der Waals surface area contributed by atoms with E-state index in [1.165, 1.54) is 18.9 Å². The van der Waals surface area contributed by atoms with E-state index >= 15 is 0 Å². The molecular weight excluding hydrogens is 467 g/mol. The number of aliphatic hydroxyl groups is 4. The van der Waals surface area contributed by atoms with Crippen LogP contribution in [0.1, 0.15) is 112 Å². The zero-order valence-corrected chi connectivity index (χ0v) is 24.0. The molecule has 0 bridgehead atoms. The molecule has 37 heavy (non-hydrogen) atoms. The minimum absolute atomic E-state index is 0.00382. The highest BCUT2D eigenvalue weighted by atomic mass is 19.1. The molecule has 3 rings (SSSR count). The van der Waals surface area contributed by atoms with Crippen molar-refractivity contribution in [2.24, 2.45) is 22.7 Å². The number of rotatable bonds is 10. The lowest BCUT2D eigenvalue weighted by Gasteiger charge is -2.49. The zero-order chi connectivity index (χ0) is 27.5. The minimum Gasteiger partial charge on any atom is -0.393 e. The summed E-state index contributed by atoms with van der Waals surface area (Å²) in [7, 11) is 0. The van der Waals surface area contributed by atoms with Crippen molar-refractivity contribution in [1.29, 1.82) is 0 Å². The molecular formula is C32H53FO4. The average molecular weight is 521 g/mol. The van der Waals surface area contributed by atoms with Gasteiger partial charge in [0.25, 0.3) is 0 Å². The van der Waals surface area contributed by atoms with E-state index in [1.807, 2.05) is 19.9 Å². The largest absolute Gasteiger partial charge is 0.393 e. The Morgan fingerprint density at radius 3 is 2.30 bits per heavy atom. The predicted molar refractivity (Wildman–Crippen MR) is 149 cm³/mol. The number of fused-ring (bicyclic) bond motifs is 1. The highest BCUT2D eigenvalue weighted by molar-refractivity contribution is 5.26. The molecule has 0 spiro atoms. The summed E-state index contributed by atoms with van der Waals surface area (Å²) in [5.74, 6) is 1.02. The summed E-state index contributed by atoms with van der Waals surface area (Å²) in [6, 6.07) is 0. The van der Waals surface area contributed by atoms with Crippen molar-refractivity contribution in [3.8, 4) is 0 Å². The molecule has 0 aromatic carbocycles. The van der Waals surface area contributed by atoms with E-state index in [-0.39, 0.29) is 10.8 Å². The van der Waals surface area contributed by atoms with E-state index in [2.05, 4.69) is 26.0 Å². The molecule has 3 unspecified atom stereocenters. The molecule has 0 aromatic rings. The Morgan fingerprint density at radius 2 is 1.68 bits per heavy atom. The molecule has 3 aliphatic rings. The third-order valence-corrected chi connectivity index (χ3v) is 9.75. The van der Waals surface area contributed by atoms with Gasteiger partial charge in [-0.3, -0.25) is 0 Å². The SMILES string of the molecule is CC(C)(O)CCC[C@](C)(C/C=C/C(C)(O)CF)C1CCC2/C(=C/C=C3C[C@@H](O)C[C@H](O)C3)CCC[C@@]21C. The summed E-state index contributed by atoms with van der Waals surface area (Å²) in [5.41, 5.74) is 0.704. The molecule has 0 amide bonds. The van der Waals surface area contributed by atoms with Crippen molar-refractivity contribution < 1.29 is 24.8 Å². The highest BCUT2D eigenvalue weighted by Gasteiger charge is 2.54. The molecule has 0 aliphatic heterocycles. The van der Waals surface area contributed by atoms with Gasteiger partial charge in [-0.25, -0.2) is 4.39 Å². The molecule has 5 heteroatoms. The van der Waals surface area contributed by atoms with Crippen LogP contribution in [0.3, 0.4) is 0 Å². The van der Waals surface area contributed by atoms with Gasteiger partial charge in [-0.2, -0.15) is 0 Å². The minimum atomic E-state index is -1.43. The molecule has 0 heterocycles. The van der Waals surface area contributed by atoms with Gasteiger partial charge in [0.1, 0.15) is 12.3 Å². The number of alkyl halides is 1. The summed E-state index contributed by atoms with van der Waals surface area (Å²) in [5, 5.41) is 40.7. The van der Waals surface area contributed by atoms with Gasteiger partial charge in [-0.15, -0.1) is 0 Å². The fourth-order valence-corrected chi connectivity index (χ4v) is 7.88. The number of allylic oxidation sites excluding steroid dienone is 4. The van der Waals surface area contributed by atoms with Crippen LogP contribution in [-0.4, -0.2) is 50.5 Å². The van der Waals surface area contributed by atoms with Crippen LogP contribution >= 0.6 is 0 Å². The van der Waals surface area contributed by atoms with Crippen molar-refractivity contribution in [2.45, 2.75) is 135 Å². The number of hydrogen-bond donors (Lipinski definition) is 4. The summed E-state index contributed by atoms with van der Waals surface area (Å²) in [6.07, 6.45) is 18.2. The Balaban J connectivity index is 1.83. The first-order chi connectivity index (χ1) is 17.2. The number of hydrogen-bond acceptors (Lipinski definition) is 4. The molecule has 7 atom stereocenters. The highest BCUT2D eigenvalue weighted by Crippen LogP contribution is 2.63. The van der Waals surface area contributed by atoms with E-state index < -0.39 is 30.1 Å². The summed E-state index contributed by atoms with van der Waals surface area (Å²) in [6.45, 7) is 9.30. The number of aliphatic hydroxyl groups excluding tert-OH is 2. The fourth-order valence-electron chi connectivity index (χ4n) is 7.88. The third-order valence-electron chi connectivity index (χ3n) is 9.75. The lowest BCUT2D eigenvalue weighted by Crippen LogP contribution is -2.41. The van der Waals surface area contributed by atoms with Gasteiger partial charge in [0.05, 0.1) is 17.8 Å². The molecule has 3 saturated carbocycles. The maximum absolute atomic E-state index is 13.2. The van der Waals surface area contributed by atoms with Gasteiger partial charge in [-0.05, 0) is 114 Å². The Labute approximate surface area is 224 Å². The predicted octanol–water partition coefficient (Wildman–Crippen LogP) is 6.58. The van der Waals surface area contributed by atoms with Crippen molar-refractivity contribution in [3.63, 3.8) is 0 Å². The van der Waals surface area contributed by atoms with Crippen LogP contribution in [-0.2, 0) is 0 Å².